The first-order chi connectivity index (χ1) is 12.8. The Labute approximate surface area is 164 Å². The average Bonchev–Trinajstić information content (AvgIpc) is 2.54. The van der Waals surface area contributed by atoms with E-state index in [0.29, 0.717) is 0 Å². The Morgan fingerprint density at radius 3 is 1.33 bits per heavy atom. The van der Waals surface area contributed by atoms with Crippen molar-refractivity contribution in [2.45, 2.75) is 26.2 Å². The van der Waals surface area contributed by atoms with E-state index in [-0.39, 0.29) is 0 Å². The third-order valence-electron chi connectivity index (χ3n) is 4.99. The Bertz CT molecular complexity index is 926. The van der Waals surface area contributed by atoms with Crippen LogP contribution in [-0.2, 0) is 4.12 Å². The van der Waals surface area contributed by atoms with Crippen LogP contribution in [0.4, 0.5) is 0 Å². The zero-order valence-electron chi connectivity index (χ0n) is 16.5. The number of benzene rings is 2. The third-order valence-corrected chi connectivity index (χ3v) is 11.1. The second-order valence-electron chi connectivity index (χ2n) is 8.42. The van der Waals surface area contributed by atoms with Gasteiger partial charge < -0.3 is 4.12 Å². The topological polar surface area (TPSA) is 9.23 Å². The van der Waals surface area contributed by atoms with Crippen molar-refractivity contribution in [1.29, 1.82) is 0 Å². The SMILES string of the molecule is C[Si](C)(/C=C/c1ccc2c(c1)C=C2)O[Si](C)(C)/C=C/c1ccc2c(c1)C=C2. The van der Waals surface area contributed by atoms with Gasteiger partial charge in [0.15, 0.2) is 16.6 Å². The first kappa shape index (κ1) is 18.2. The summed E-state index contributed by atoms with van der Waals surface area (Å²) in [5.74, 6) is 0. The minimum Gasteiger partial charge on any atom is -0.449 e. The molecule has 1 nitrogen and oxygen atoms in total. The predicted molar refractivity (Wildman–Crippen MR) is 125 cm³/mol. The van der Waals surface area contributed by atoms with Crippen LogP contribution in [-0.4, -0.2) is 16.6 Å². The second-order valence-corrected chi connectivity index (χ2v) is 16.3. The minimum absolute atomic E-state index is 1.26. The summed E-state index contributed by atoms with van der Waals surface area (Å²) in [6.07, 6.45) is 13.1. The smallest absolute Gasteiger partial charge is 0.198 e. The Morgan fingerprint density at radius 2 is 1.00 bits per heavy atom. The molecule has 3 heteroatoms. The number of rotatable bonds is 6. The first-order valence-electron chi connectivity index (χ1n) is 9.53. The first-order valence-corrected chi connectivity index (χ1v) is 15.5. The fourth-order valence-electron chi connectivity index (χ4n) is 3.49. The number of hydrogen-bond donors (Lipinski definition) is 0. The summed E-state index contributed by atoms with van der Waals surface area (Å²) in [5.41, 5.74) is 12.5. The maximum Gasteiger partial charge on any atom is 0.198 e. The van der Waals surface area contributed by atoms with Crippen molar-refractivity contribution >= 4 is 53.1 Å². The van der Waals surface area contributed by atoms with Crippen LogP contribution in [0.25, 0.3) is 36.5 Å². The van der Waals surface area contributed by atoms with Crippen molar-refractivity contribution < 1.29 is 4.12 Å². The molecular weight excluding hydrogens is 360 g/mol. The highest BCUT2D eigenvalue weighted by Crippen LogP contribution is 2.27. The number of fused-ring (bicyclic) bond motifs is 2. The molecule has 2 aliphatic rings. The number of hydrogen-bond acceptors (Lipinski definition) is 1. The molecule has 2 aliphatic carbocycles. The molecule has 4 rings (SSSR count). The van der Waals surface area contributed by atoms with E-state index >= 15 is 0 Å². The van der Waals surface area contributed by atoms with Gasteiger partial charge in [-0.2, -0.15) is 0 Å². The predicted octanol–water partition coefficient (Wildman–Crippen LogP) is 6.89. The highest BCUT2D eigenvalue weighted by Gasteiger charge is 2.29. The van der Waals surface area contributed by atoms with Gasteiger partial charge in [-0.3, -0.25) is 0 Å². The standard InChI is InChI=1S/C24H26OSi2/c1-26(2,15-13-19-5-7-21-9-11-23(21)17-19)25-27(3,4)16-14-20-6-8-22-10-12-24(22)18-20/h5-18H,1-4H3/b15-13+,16-14+. The van der Waals surface area contributed by atoms with Crippen molar-refractivity contribution in [2.24, 2.45) is 0 Å². The zero-order valence-corrected chi connectivity index (χ0v) is 18.5. The van der Waals surface area contributed by atoms with E-state index in [1.54, 1.807) is 0 Å². The van der Waals surface area contributed by atoms with Gasteiger partial charge in [0.25, 0.3) is 0 Å². The molecule has 0 N–H and O–H groups in total. The van der Waals surface area contributed by atoms with Crippen LogP contribution in [0.15, 0.2) is 47.8 Å². The Balaban J connectivity index is 1.42. The summed E-state index contributed by atoms with van der Waals surface area (Å²) >= 11 is 0. The third kappa shape index (κ3) is 4.21. The van der Waals surface area contributed by atoms with E-state index < -0.39 is 16.6 Å². The summed E-state index contributed by atoms with van der Waals surface area (Å²) < 4.78 is 6.68. The molecule has 27 heavy (non-hydrogen) atoms. The molecule has 136 valence electrons. The maximum absolute atomic E-state index is 6.68. The zero-order chi connectivity index (χ0) is 19.1. The fraction of sp³-hybridized carbons (Fsp3) is 0.167. The maximum atomic E-state index is 6.68. The van der Waals surface area contributed by atoms with Gasteiger partial charge in [-0.1, -0.05) is 72.1 Å². The Morgan fingerprint density at radius 1 is 0.593 bits per heavy atom. The molecule has 0 atom stereocenters. The molecule has 0 saturated heterocycles. The van der Waals surface area contributed by atoms with Crippen LogP contribution in [0.1, 0.15) is 33.4 Å². The van der Waals surface area contributed by atoms with Crippen molar-refractivity contribution in [3.05, 3.63) is 81.2 Å². The van der Waals surface area contributed by atoms with Crippen LogP contribution >= 0.6 is 0 Å². The molecule has 0 aliphatic heterocycles. The lowest BCUT2D eigenvalue weighted by atomic mass is 9.96. The van der Waals surface area contributed by atoms with Gasteiger partial charge in [0.2, 0.25) is 0 Å². The fourth-order valence-corrected chi connectivity index (χ4v) is 10.6. The highest BCUT2D eigenvalue weighted by molar-refractivity contribution is 6.90. The van der Waals surface area contributed by atoms with Crippen LogP contribution in [0.5, 0.6) is 0 Å². The second kappa shape index (κ2) is 6.75. The molecule has 0 amide bonds. The van der Waals surface area contributed by atoms with E-state index in [4.69, 9.17) is 4.12 Å². The lowest BCUT2D eigenvalue weighted by Gasteiger charge is -2.30. The Hall–Kier alpha value is -2.21. The lowest BCUT2D eigenvalue weighted by molar-refractivity contribution is 0.571. The summed E-state index contributed by atoms with van der Waals surface area (Å²) in [5, 5.41) is 0. The van der Waals surface area contributed by atoms with Gasteiger partial charge in [-0.05, 0) is 71.7 Å². The Kier molecular flexibility index (Phi) is 4.54. The molecule has 0 bridgehead atoms. The molecule has 0 saturated carbocycles. The largest absolute Gasteiger partial charge is 0.449 e. The van der Waals surface area contributed by atoms with Crippen LogP contribution in [0.3, 0.4) is 0 Å². The van der Waals surface area contributed by atoms with Crippen LogP contribution in [0.2, 0.25) is 26.2 Å². The van der Waals surface area contributed by atoms with E-state index in [2.05, 4.69) is 110 Å². The molecule has 0 spiro atoms. The average molecular weight is 387 g/mol. The van der Waals surface area contributed by atoms with Crippen LogP contribution < -0.4 is 0 Å². The van der Waals surface area contributed by atoms with Crippen molar-refractivity contribution in [2.75, 3.05) is 0 Å². The van der Waals surface area contributed by atoms with Gasteiger partial charge in [-0.25, -0.2) is 0 Å². The molecule has 0 aromatic heterocycles. The summed E-state index contributed by atoms with van der Waals surface area (Å²) in [4.78, 5) is 0. The van der Waals surface area contributed by atoms with Crippen molar-refractivity contribution in [3.63, 3.8) is 0 Å². The van der Waals surface area contributed by atoms with Crippen molar-refractivity contribution in [3.8, 4) is 0 Å². The van der Waals surface area contributed by atoms with Gasteiger partial charge in [-0.15, -0.1) is 0 Å². The van der Waals surface area contributed by atoms with Gasteiger partial charge in [0, 0.05) is 0 Å². The molecule has 0 heterocycles. The summed E-state index contributed by atoms with van der Waals surface area (Å²) in [6, 6.07) is 13.2. The monoisotopic (exact) mass is 386 g/mol. The molecular formula is C24H26OSi2. The highest BCUT2D eigenvalue weighted by atomic mass is 28.4. The van der Waals surface area contributed by atoms with Crippen molar-refractivity contribution in [1.82, 2.24) is 0 Å². The molecule has 0 unspecified atom stereocenters. The molecule has 0 fully saturated rings. The lowest BCUT2D eigenvalue weighted by Crippen LogP contribution is -2.42. The normalized spacial score (nSPS) is 15.0. The molecule has 2 aromatic rings. The summed E-state index contributed by atoms with van der Waals surface area (Å²) in [6.45, 7) is 9.12. The van der Waals surface area contributed by atoms with Crippen LogP contribution in [0, 0.1) is 0 Å². The minimum atomic E-state index is -1.88. The van der Waals surface area contributed by atoms with E-state index in [1.807, 2.05) is 0 Å². The molecule has 2 aromatic carbocycles. The van der Waals surface area contributed by atoms with E-state index in [0.717, 1.165) is 0 Å². The molecule has 0 radical (unpaired) electrons. The van der Waals surface area contributed by atoms with Gasteiger partial charge in [0.05, 0.1) is 0 Å². The summed E-state index contributed by atoms with van der Waals surface area (Å²) in [7, 11) is -3.76. The van der Waals surface area contributed by atoms with E-state index in [9.17, 15) is 0 Å². The van der Waals surface area contributed by atoms with Gasteiger partial charge >= 0.3 is 0 Å². The van der Waals surface area contributed by atoms with Gasteiger partial charge in [0.1, 0.15) is 0 Å². The quantitative estimate of drug-likeness (QED) is 0.328. The van der Waals surface area contributed by atoms with E-state index in [1.165, 1.54) is 33.4 Å².